The smallest absolute Gasteiger partial charge is 0.225 e. The molecule has 0 bridgehead atoms. The third kappa shape index (κ3) is 1.80. The maximum atomic E-state index is 12.5. The third-order valence-corrected chi connectivity index (χ3v) is 6.39. The van der Waals surface area contributed by atoms with Gasteiger partial charge in [-0.05, 0) is 62.2 Å². The summed E-state index contributed by atoms with van der Waals surface area (Å²) in [6, 6.07) is 0. The largest absolute Gasteiger partial charge is 0.342 e. The molecule has 0 aromatic rings. The summed E-state index contributed by atoms with van der Waals surface area (Å²) in [5.41, 5.74) is 0.647. The van der Waals surface area contributed by atoms with Gasteiger partial charge in [0.15, 0.2) is 0 Å². The average molecular weight is 247 g/mol. The minimum Gasteiger partial charge on any atom is -0.342 e. The van der Waals surface area contributed by atoms with E-state index in [-0.39, 0.29) is 0 Å². The summed E-state index contributed by atoms with van der Waals surface area (Å²) in [6.07, 6.45) is 12.2. The highest BCUT2D eigenvalue weighted by molar-refractivity contribution is 5.79. The van der Waals surface area contributed by atoms with Gasteiger partial charge in [-0.15, -0.1) is 0 Å². The first kappa shape index (κ1) is 11.3. The third-order valence-electron chi connectivity index (χ3n) is 6.39. The van der Waals surface area contributed by atoms with E-state index in [4.69, 9.17) is 0 Å². The zero-order chi connectivity index (χ0) is 12.2. The van der Waals surface area contributed by atoms with Crippen LogP contribution in [0, 0.1) is 23.2 Å². The Labute approximate surface area is 110 Å². The number of fused-ring (bicyclic) bond motifs is 1. The molecule has 4 aliphatic rings. The van der Waals surface area contributed by atoms with Crippen molar-refractivity contribution in [2.75, 3.05) is 13.1 Å². The van der Waals surface area contributed by atoms with E-state index >= 15 is 0 Å². The molecule has 1 amide bonds. The van der Waals surface area contributed by atoms with Gasteiger partial charge in [0.05, 0.1) is 0 Å². The molecule has 1 aliphatic heterocycles. The first-order valence-corrected chi connectivity index (χ1v) is 8.05. The van der Waals surface area contributed by atoms with E-state index in [1.165, 1.54) is 57.8 Å². The number of piperidine rings is 1. The fourth-order valence-corrected chi connectivity index (χ4v) is 5.00. The fraction of sp³-hybridized carbons (Fsp3) is 0.938. The lowest BCUT2D eigenvalue weighted by atomic mass is 9.77. The summed E-state index contributed by atoms with van der Waals surface area (Å²) >= 11 is 0. The minimum absolute atomic E-state index is 0.409. The van der Waals surface area contributed by atoms with Crippen LogP contribution in [0.2, 0.25) is 0 Å². The Kier molecular flexibility index (Phi) is 2.50. The highest BCUT2D eigenvalue weighted by Gasteiger charge is 2.49. The number of hydrogen-bond acceptors (Lipinski definition) is 1. The summed E-state index contributed by atoms with van der Waals surface area (Å²) in [7, 11) is 0. The molecule has 2 heteroatoms. The van der Waals surface area contributed by atoms with Crippen LogP contribution < -0.4 is 0 Å². The van der Waals surface area contributed by atoms with Gasteiger partial charge in [-0.1, -0.05) is 12.8 Å². The first-order chi connectivity index (χ1) is 8.76. The van der Waals surface area contributed by atoms with Crippen molar-refractivity contribution in [2.45, 2.75) is 57.8 Å². The van der Waals surface area contributed by atoms with Crippen molar-refractivity contribution in [3.8, 4) is 0 Å². The quantitative estimate of drug-likeness (QED) is 0.696. The van der Waals surface area contributed by atoms with Gasteiger partial charge in [0, 0.05) is 19.0 Å². The molecule has 1 heterocycles. The number of rotatable bonds is 1. The van der Waals surface area contributed by atoms with Crippen molar-refractivity contribution in [3.63, 3.8) is 0 Å². The monoisotopic (exact) mass is 247 g/mol. The van der Waals surface area contributed by atoms with E-state index in [1.807, 2.05) is 0 Å². The Morgan fingerprint density at radius 3 is 2.11 bits per heavy atom. The minimum atomic E-state index is 0.409. The number of carbonyl (C=O) groups is 1. The molecule has 3 saturated carbocycles. The molecule has 1 saturated heterocycles. The van der Waals surface area contributed by atoms with Crippen molar-refractivity contribution in [3.05, 3.63) is 0 Å². The Balaban J connectivity index is 1.34. The van der Waals surface area contributed by atoms with Crippen molar-refractivity contribution in [1.82, 2.24) is 4.90 Å². The van der Waals surface area contributed by atoms with Crippen molar-refractivity contribution < 1.29 is 4.79 Å². The highest BCUT2D eigenvalue weighted by atomic mass is 16.2. The maximum Gasteiger partial charge on any atom is 0.225 e. The molecule has 1 spiro atoms. The molecule has 18 heavy (non-hydrogen) atoms. The number of likely N-dealkylation sites (tertiary alicyclic amines) is 1. The van der Waals surface area contributed by atoms with Gasteiger partial charge >= 0.3 is 0 Å². The number of hydrogen-bond donors (Lipinski definition) is 0. The second-order valence-corrected chi connectivity index (χ2v) is 7.46. The molecular formula is C16H25NO. The fourth-order valence-electron chi connectivity index (χ4n) is 5.00. The number of amides is 1. The molecule has 0 N–H and O–H groups in total. The Bertz CT molecular complexity index is 338. The highest BCUT2D eigenvalue weighted by Crippen LogP contribution is 2.55. The molecule has 2 nitrogen and oxygen atoms in total. The van der Waals surface area contributed by atoms with Crippen LogP contribution in [0.15, 0.2) is 0 Å². The van der Waals surface area contributed by atoms with E-state index < -0.39 is 0 Å². The second kappa shape index (κ2) is 3.98. The number of nitrogens with zero attached hydrogens (tertiary/aromatic N) is 1. The first-order valence-electron chi connectivity index (χ1n) is 8.05. The van der Waals surface area contributed by atoms with E-state index in [9.17, 15) is 4.79 Å². The lowest BCUT2D eigenvalue weighted by molar-refractivity contribution is -0.138. The van der Waals surface area contributed by atoms with Crippen molar-refractivity contribution in [2.24, 2.45) is 23.2 Å². The molecule has 0 aromatic carbocycles. The average Bonchev–Trinajstić information content (AvgIpc) is 2.81. The van der Waals surface area contributed by atoms with Gasteiger partial charge in [0.2, 0.25) is 5.91 Å². The Hall–Kier alpha value is -0.530. The summed E-state index contributed by atoms with van der Waals surface area (Å²) in [6.45, 7) is 2.12. The van der Waals surface area contributed by atoms with Gasteiger partial charge in [-0.25, -0.2) is 0 Å². The lowest BCUT2D eigenvalue weighted by Gasteiger charge is -2.40. The van der Waals surface area contributed by atoms with E-state index in [0.29, 0.717) is 17.2 Å². The number of carbonyl (C=O) groups excluding carboxylic acids is 1. The summed E-state index contributed by atoms with van der Waals surface area (Å²) in [4.78, 5) is 14.7. The summed E-state index contributed by atoms with van der Waals surface area (Å²) in [5.74, 6) is 2.79. The van der Waals surface area contributed by atoms with Crippen LogP contribution in [0.1, 0.15) is 57.8 Å². The van der Waals surface area contributed by atoms with Crippen LogP contribution >= 0.6 is 0 Å². The van der Waals surface area contributed by atoms with Gasteiger partial charge < -0.3 is 4.90 Å². The topological polar surface area (TPSA) is 20.3 Å². The van der Waals surface area contributed by atoms with Crippen molar-refractivity contribution >= 4 is 5.91 Å². The molecule has 2 atom stereocenters. The van der Waals surface area contributed by atoms with E-state index in [0.717, 1.165) is 24.9 Å². The van der Waals surface area contributed by atoms with Gasteiger partial charge in [-0.2, -0.15) is 0 Å². The summed E-state index contributed by atoms with van der Waals surface area (Å²) < 4.78 is 0. The van der Waals surface area contributed by atoms with Gasteiger partial charge in [0.1, 0.15) is 0 Å². The molecule has 0 radical (unpaired) electrons. The van der Waals surface area contributed by atoms with Crippen LogP contribution in [-0.2, 0) is 4.79 Å². The van der Waals surface area contributed by atoms with E-state index in [1.54, 1.807) is 0 Å². The molecule has 4 fully saturated rings. The molecule has 3 aliphatic carbocycles. The zero-order valence-electron chi connectivity index (χ0n) is 11.4. The van der Waals surface area contributed by atoms with Crippen molar-refractivity contribution in [1.29, 1.82) is 0 Å². The van der Waals surface area contributed by atoms with Crippen LogP contribution in [0.25, 0.3) is 0 Å². The Morgan fingerprint density at radius 2 is 1.50 bits per heavy atom. The van der Waals surface area contributed by atoms with Gasteiger partial charge in [-0.3, -0.25) is 4.79 Å². The molecule has 4 rings (SSSR count). The molecule has 100 valence electrons. The predicted octanol–water partition coefficient (Wildman–Crippen LogP) is 3.22. The van der Waals surface area contributed by atoms with Crippen LogP contribution in [0.3, 0.4) is 0 Å². The normalized spacial score (nSPS) is 41.1. The maximum absolute atomic E-state index is 12.5. The summed E-state index contributed by atoms with van der Waals surface area (Å²) in [5, 5.41) is 0. The standard InChI is InChI=1S/C16H25NO/c18-15(14-10-12-9-13(12)11-14)17-7-5-16(6-8-17)3-1-2-4-16/h12-14H,1-11H2. The zero-order valence-corrected chi connectivity index (χ0v) is 11.4. The van der Waals surface area contributed by atoms with Gasteiger partial charge in [0.25, 0.3) is 0 Å². The van der Waals surface area contributed by atoms with Crippen LogP contribution in [0.4, 0.5) is 0 Å². The van der Waals surface area contributed by atoms with Crippen LogP contribution in [0.5, 0.6) is 0 Å². The SMILES string of the molecule is O=C(C1CC2CC2C1)N1CCC2(CCCC2)CC1. The lowest BCUT2D eigenvalue weighted by Crippen LogP contribution is -2.44. The van der Waals surface area contributed by atoms with Crippen LogP contribution in [-0.4, -0.2) is 23.9 Å². The van der Waals surface area contributed by atoms with E-state index in [2.05, 4.69) is 4.90 Å². The Morgan fingerprint density at radius 1 is 0.889 bits per heavy atom. The molecular weight excluding hydrogens is 222 g/mol. The molecule has 2 unspecified atom stereocenters. The second-order valence-electron chi connectivity index (χ2n) is 7.46. The predicted molar refractivity (Wildman–Crippen MR) is 71.0 cm³/mol. The molecule has 0 aromatic heterocycles.